The van der Waals surface area contributed by atoms with Crippen LogP contribution in [0.25, 0.3) is 0 Å². The van der Waals surface area contributed by atoms with E-state index in [1.54, 1.807) is 0 Å². The van der Waals surface area contributed by atoms with E-state index in [0.717, 1.165) is 23.5 Å². The van der Waals surface area contributed by atoms with Crippen LogP contribution in [0.2, 0.25) is 5.02 Å². The van der Waals surface area contributed by atoms with Crippen molar-refractivity contribution in [3.8, 4) is 0 Å². The van der Waals surface area contributed by atoms with Crippen LogP contribution in [0.1, 0.15) is 36.0 Å². The summed E-state index contributed by atoms with van der Waals surface area (Å²) in [5.74, 6) is -2.34. The van der Waals surface area contributed by atoms with Gasteiger partial charge in [0.15, 0.2) is 0 Å². The molecule has 0 saturated carbocycles. The maximum Gasteiger partial charge on any atom is 0.348 e. The number of thiophene rings is 1. The molecule has 0 atom stereocenters. The van der Waals surface area contributed by atoms with Crippen molar-refractivity contribution in [2.45, 2.75) is 6.92 Å². The topological polar surface area (TPSA) is 142 Å². The molecule has 0 aliphatic carbocycles. The molecule has 0 spiro atoms. The maximum absolute atomic E-state index is 12.5. The van der Waals surface area contributed by atoms with Crippen LogP contribution in [0.5, 0.6) is 0 Å². The molecule has 0 aliphatic rings. The number of ether oxygens (including phenoxy) is 1. The van der Waals surface area contributed by atoms with E-state index >= 15 is 0 Å². The number of carbonyl (C=O) groups excluding carboxylic acids is 3. The molecule has 1 aromatic carbocycles. The average Bonchev–Trinajstić information content (AvgIpc) is 2.90. The summed E-state index contributed by atoms with van der Waals surface area (Å²) in [5, 5.41) is 13.3. The van der Waals surface area contributed by atoms with Gasteiger partial charge in [-0.15, -0.1) is 11.3 Å². The molecule has 136 valence electrons. The second-order valence-corrected chi connectivity index (χ2v) is 6.42. The van der Waals surface area contributed by atoms with Gasteiger partial charge in [0.25, 0.3) is 17.5 Å². The number of primary amides is 1. The minimum absolute atomic E-state index is 0.0166. The SMILES string of the molecule is COC(=O)c1sc(NC(=O)c2cc([N+](=O)[O-])ccc2Cl)c(C(N)=O)c1C. The van der Waals surface area contributed by atoms with Crippen molar-refractivity contribution in [1.29, 1.82) is 0 Å². The number of nitrogens with zero attached hydrogens (tertiary/aromatic N) is 1. The van der Waals surface area contributed by atoms with E-state index in [0.29, 0.717) is 0 Å². The molecule has 1 aromatic heterocycles. The number of hydrogen-bond donors (Lipinski definition) is 2. The Morgan fingerprint density at radius 3 is 2.54 bits per heavy atom. The summed E-state index contributed by atoms with van der Waals surface area (Å²) in [4.78, 5) is 46.2. The highest BCUT2D eigenvalue weighted by Gasteiger charge is 2.26. The number of nitro benzene ring substituents is 1. The fourth-order valence-corrected chi connectivity index (χ4v) is 3.49. The molecule has 0 radical (unpaired) electrons. The molecule has 11 heteroatoms. The minimum Gasteiger partial charge on any atom is -0.465 e. The second-order valence-electron chi connectivity index (χ2n) is 4.99. The van der Waals surface area contributed by atoms with Crippen LogP contribution in [0, 0.1) is 17.0 Å². The molecule has 0 saturated heterocycles. The van der Waals surface area contributed by atoms with Gasteiger partial charge in [0.1, 0.15) is 9.88 Å². The number of carbonyl (C=O) groups is 3. The molecule has 2 rings (SSSR count). The molecule has 0 fully saturated rings. The first-order chi connectivity index (χ1) is 12.2. The number of nitrogens with one attached hydrogen (secondary N) is 1. The van der Waals surface area contributed by atoms with Gasteiger partial charge in [0.2, 0.25) is 0 Å². The number of halogens is 1. The first kappa shape index (κ1) is 19.3. The van der Waals surface area contributed by atoms with Gasteiger partial charge in [-0.2, -0.15) is 0 Å². The number of non-ortho nitro benzene ring substituents is 1. The summed E-state index contributed by atoms with van der Waals surface area (Å²) in [5.41, 5.74) is 5.04. The second kappa shape index (κ2) is 7.50. The summed E-state index contributed by atoms with van der Waals surface area (Å²) >= 11 is 6.73. The molecule has 2 amide bonds. The number of hydrogen-bond acceptors (Lipinski definition) is 7. The van der Waals surface area contributed by atoms with Crippen molar-refractivity contribution >= 4 is 51.4 Å². The maximum atomic E-state index is 12.5. The average molecular weight is 398 g/mol. The van der Waals surface area contributed by atoms with Crippen molar-refractivity contribution in [3.05, 3.63) is 54.9 Å². The van der Waals surface area contributed by atoms with Crippen molar-refractivity contribution in [3.63, 3.8) is 0 Å². The number of esters is 1. The largest absolute Gasteiger partial charge is 0.465 e. The summed E-state index contributed by atoms with van der Waals surface area (Å²) in [7, 11) is 1.17. The van der Waals surface area contributed by atoms with Crippen LogP contribution in [0.3, 0.4) is 0 Å². The predicted molar refractivity (Wildman–Crippen MR) is 95.0 cm³/mol. The summed E-state index contributed by atoms with van der Waals surface area (Å²) in [6.45, 7) is 1.48. The van der Waals surface area contributed by atoms with Gasteiger partial charge in [0.05, 0.1) is 28.2 Å². The standard InChI is InChI=1S/C15H12ClN3O6S/c1-6-10(12(17)20)14(26-11(6)15(22)25-2)18-13(21)8-5-7(19(23)24)3-4-9(8)16/h3-5H,1-2H3,(H2,17,20)(H,18,21). The van der Waals surface area contributed by atoms with Gasteiger partial charge in [-0.05, 0) is 18.6 Å². The van der Waals surface area contributed by atoms with E-state index in [1.807, 2.05) is 0 Å². The zero-order valence-corrected chi connectivity index (χ0v) is 15.1. The predicted octanol–water partition coefficient (Wildman–Crippen LogP) is 2.76. The number of benzene rings is 1. The molecule has 26 heavy (non-hydrogen) atoms. The Kier molecular flexibility index (Phi) is 5.58. The van der Waals surface area contributed by atoms with Crippen molar-refractivity contribution < 1.29 is 24.0 Å². The molecule has 2 aromatic rings. The lowest BCUT2D eigenvalue weighted by Gasteiger charge is -2.06. The van der Waals surface area contributed by atoms with Crippen LogP contribution in [0.4, 0.5) is 10.7 Å². The van der Waals surface area contributed by atoms with Crippen molar-refractivity contribution in [2.75, 3.05) is 12.4 Å². The molecule has 0 unspecified atom stereocenters. The number of nitrogens with two attached hydrogens (primary N) is 1. The van der Waals surface area contributed by atoms with Crippen LogP contribution in [0.15, 0.2) is 18.2 Å². The van der Waals surface area contributed by atoms with Gasteiger partial charge in [-0.25, -0.2) is 4.79 Å². The van der Waals surface area contributed by atoms with Gasteiger partial charge >= 0.3 is 5.97 Å². The normalized spacial score (nSPS) is 10.3. The smallest absolute Gasteiger partial charge is 0.348 e. The Morgan fingerprint density at radius 2 is 2.00 bits per heavy atom. The van der Waals surface area contributed by atoms with Gasteiger partial charge in [-0.1, -0.05) is 11.6 Å². The molecular weight excluding hydrogens is 386 g/mol. The van der Waals surface area contributed by atoms with Crippen LogP contribution >= 0.6 is 22.9 Å². The lowest BCUT2D eigenvalue weighted by atomic mass is 10.1. The van der Waals surface area contributed by atoms with Gasteiger partial charge in [-0.3, -0.25) is 19.7 Å². The van der Waals surface area contributed by atoms with E-state index in [-0.39, 0.29) is 37.3 Å². The number of rotatable bonds is 5. The van der Waals surface area contributed by atoms with E-state index < -0.39 is 22.7 Å². The van der Waals surface area contributed by atoms with Gasteiger partial charge in [0, 0.05) is 12.1 Å². The number of methoxy groups -OCH3 is 1. The minimum atomic E-state index is -0.852. The quantitative estimate of drug-likeness (QED) is 0.451. The van der Waals surface area contributed by atoms with Crippen LogP contribution in [-0.4, -0.2) is 29.8 Å². The van der Waals surface area contributed by atoms with Gasteiger partial charge < -0.3 is 15.8 Å². The number of amides is 2. The van der Waals surface area contributed by atoms with Crippen molar-refractivity contribution in [1.82, 2.24) is 0 Å². The van der Waals surface area contributed by atoms with E-state index in [9.17, 15) is 24.5 Å². The highest BCUT2D eigenvalue weighted by atomic mass is 35.5. The first-order valence-electron chi connectivity index (χ1n) is 6.94. The molecule has 0 bridgehead atoms. The first-order valence-corrected chi connectivity index (χ1v) is 8.13. The molecule has 3 N–H and O–H groups in total. The third-order valence-corrected chi connectivity index (χ3v) is 4.91. The lowest BCUT2D eigenvalue weighted by Crippen LogP contribution is -2.18. The van der Waals surface area contributed by atoms with E-state index in [4.69, 9.17) is 17.3 Å². The third-order valence-electron chi connectivity index (χ3n) is 3.40. The lowest BCUT2D eigenvalue weighted by molar-refractivity contribution is -0.384. The Balaban J connectivity index is 2.47. The molecule has 9 nitrogen and oxygen atoms in total. The summed E-state index contributed by atoms with van der Waals surface area (Å²) in [6, 6.07) is 3.37. The van der Waals surface area contributed by atoms with Crippen LogP contribution in [-0.2, 0) is 4.74 Å². The number of nitro groups is 1. The Labute approximate surface area is 155 Å². The molecule has 1 heterocycles. The van der Waals surface area contributed by atoms with Crippen LogP contribution < -0.4 is 11.1 Å². The Bertz CT molecular complexity index is 940. The fraction of sp³-hybridized carbons (Fsp3) is 0.133. The summed E-state index contributed by atoms with van der Waals surface area (Å²) < 4.78 is 4.63. The zero-order valence-electron chi connectivity index (χ0n) is 13.5. The molecular formula is C15H12ClN3O6S. The Hall–Kier alpha value is -2.98. The van der Waals surface area contributed by atoms with Crippen molar-refractivity contribution in [2.24, 2.45) is 5.73 Å². The monoisotopic (exact) mass is 397 g/mol. The van der Waals surface area contributed by atoms with E-state index in [2.05, 4.69) is 10.1 Å². The number of anilines is 1. The zero-order chi connectivity index (χ0) is 19.6. The highest BCUT2D eigenvalue weighted by Crippen LogP contribution is 2.34. The summed E-state index contributed by atoms with van der Waals surface area (Å²) in [6.07, 6.45) is 0. The molecule has 0 aliphatic heterocycles. The highest BCUT2D eigenvalue weighted by molar-refractivity contribution is 7.18. The fourth-order valence-electron chi connectivity index (χ4n) is 2.16. The van der Waals surface area contributed by atoms with E-state index in [1.165, 1.54) is 20.1 Å². The third kappa shape index (κ3) is 3.65. The Morgan fingerprint density at radius 1 is 1.35 bits per heavy atom.